The summed E-state index contributed by atoms with van der Waals surface area (Å²) in [6.45, 7) is 0. The first-order chi connectivity index (χ1) is 10.1. The molecule has 0 bridgehead atoms. The third-order valence-electron chi connectivity index (χ3n) is 2.55. The molecule has 0 unspecified atom stereocenters. The van der Waals surface area contributed by atoms with Crippen LogP contribution in [0.1, 0.15) is 5.56 Å². The fourth-order valence-electron chi connectivity index (χ4n) is 1.55. The Balaban J connectivity index is 1.83. The molecule has 0 atom stereocenters. The van der Waals surface area contributed by atoms with Gasteiger partial charge in [-0.05, 0) is 29.8 Å². The Morgan fingerprint density at radius 3 is 2.86 bits per heavy atom. The molecule has 0 radical (unpaired) electrons. The topological polar surface area (TPSA) is 62.2 Å². The van der Waals surface area contributed by atoms with E-state index < -0.39 is 0 Å². The van der Waals surface area contributed by atoms with Gasteiger partial charge in [-0.2, -0.15) is 0 Å². The highest BCUT2D eigenvalue weighted by Gasteiger charge is 2.08. The number of carbonyl (C=O) groups is 1. The van der Waals surface area contributed by atoms with Gasteiger partial charge in [-0.3, -0.25) is 4.79 Å². The molecule has 0 aliphatic carbocycles. The highest BCUT2D eigenvalue weighted by Crippen LogP contribution is 2.25. The molecule has 7 heteroatoms. The smallest absolute Gasteiger partial charge is 0.235 e. The Morgan fingerprint density at radius 1 is 1.33 bits per heavy atom. The molecule has 0 fully saturated rings. The van der Waals surface area contributed by atoms with Gasteiger partial charge >= 0.3 is 0 Å². The summed E-state index contributed by atoms with van der Waals surface area (Å²) in [6, 6.07) is 8.31. The van der Waals surface area contributed by atoms with Crippen molar-refractivity contribution in [2.75, 3.05) is 11.1 Å². The number of aromatic nitrogens is 1. The molecule has 0 saturated carbocycles. The molecule has 0 saturated heterocycles. The molecule has 2 rings (SSSR count). The van der Waals surface area contributed by atoms with Gasteiger partial charge in [0.05, 0.1) is 5.75 Å². The van der Waals surface area contributed by atoms with Gasteiger partial charge in [0.1, 0.15) is 0 Å². The molecular weight excluding hydrogens is 331 g/mol. The summed E-state index contributed by atoms with van der Waals surface area (Å²) < 4.78 is 0. The first-order valence-electron chi connectivity index (χ1n) is 6.02. The molecule has 1 heterocycles. The molecule has 0 spiro atoms. The Hall–Kier alpha value is -1.43. The van der Waals surface area contributed by atoms with Crippen molar-refractivity contribution in [3.63, 3.8) is 0 Å². The maximum atomic E-state index is 11.8. The van der Waals surface area contributed by atoms with Crippen molar-refractivity contribution in [2.24, 2.45) is 0 Å². The first kappa shape index (κ1) is 15.9. The van der Waals surface area contributed by atoms with Crippen LogP contribution in [0, 0.1) is 0 Å². The minimum Gasteiger partial charge on any atom is -0.504 e. The Morgan fingerprint density at radius 2 is 2.14 bits per heavy atom. The predicted molar refractivity (Wildman–Crippen MR) is 87.2 cm³/mol. The van der Waals surface area contributed by atoms with Gasteiger partial charge in [0.25, 0.3) is 0 Å². The molecule has 110 valence electrons. The summed E-state index contributed by atoms with van der Waals surface area (Å²) in [5, 5.41) is 13.2. The number of thioether (sulfide) groups is 1. The number of nitrogens with zero attached hydrogens (tertiary/aromatic N) is 1. The lowest BCUT2D eigenvalue weighted by molar-refractivity contribution is -0.113. The molecule has 21 heavy (non-hydrogen) atoms. The first-order valence-corrected chi connectivity index (χ1v) is 7.93. The number of hydrogen-bond acceptors (Lipinski definition) is 4. The van der Waals surface area contributed by atoms with E-state index >= 15 is 0 Å². The second-order valence-corrected chi connectivity index (χ2v) is 5.98. The molecule has 1 amide bonds. The average Bonchev–Trinajstić information content (AvgIpc) is 2.44. The lowest BCUT2D eigenvalue weighted by Crippen LogP contribution is -2.15. The standard InChI is InChI=1S/C14H12Cl2N2O2S/c15-10-4-3-9(11(16)6-10)7-21-8-13(20)18-14-12(19)2-1-5-17-14/h1-6,19H,7-8H2,(H,17,18,20). The van der Waals surface area contributed by atoms with E-state index in [1.807, 2.05) is 6.07 Å². The zero-order valence-corrected chi connectivity index (χ0v) is 13.2. The Labute approximate surface area is 136 Å². The number of carbonyl (C=O) groups excluding carboxylic acids is 1. The normalized spacial score (nSPS) is 10.4. The van der Waals surface area contributed by atoms with Crippen LogP contribution in [0.25, 0.3) is 0 Å². The minimum absolute atomic E-state index is 0.0587. The van der Waals surface area contributed by atoms with Crippen LogP contribution in [-0.2, 0) is 10.5 Å². The quantitative estimate of drug-likeness (QED) is 0.862. The van der Waals surface area contributed by atoms with E-state index in [9.17, 15) is 9.90 Å². The number of aromatic hydroxyl groups is 1. The molecular formula is C14H12Cl2N2O2S. The third kappa shape index (κ3) is 4.81. The van der Waals surface area contributed by atoms with Gasteiger partial charge in [0.15, 0.2) is 11.6 Å². The van der Waals surface area contributed by atoms with Crippen molar-refractivity contribution in [3.05, 3.63) is 52.1 Å². The van der Waals surface area contributed by atoms with Crippen LogP contribution >= 0.6 is 35.0 Å². The van der Waals surface area contributed by atoms with Crippen molar-refractivity contribution in [1.29, 1.82) is 0 Å². The summed E-state index contributed by atoms with van der Waals surface area (Å²) in [5.74, 6) is 0.690. The molecule has 1 aromatic heterocycles. The van der Waals surface area contributed by atoms with Gasteiger partial charge in [-0.15, -0.1) is 11.8 Å². The average molecular weight is 343 g/mol. The van der Waals surface area contributed by atoms with E-state index in [0.717, 1.165) is 5.56 Å². The van der Waals surface area contributed by atoms with Gasteiger partial charge < -0.3 is 10.4 Å². The monoisotopic (exact) mass is 342 g/mol. The lowest BCUT2D eigenvalue weighted by Gasteiger charge is -2.07. The van der Waals surface area contributed by atoms with Crippen LogP contribution in [0.5, 0.6) is 5.75 Å². The fourth-order valence-corrected chi connectivity index (χ4v) is 2.94. The Kier molecular flexibility index (Phi) is 5.73. The van der Waals surface area contributed by atoms with Gasteiger partial charge in [0, 0.05) is 22.0 Å². The van der Waals surface area contributed by atoms with Gasteiger partial charge in [0.2, 0.25) is 5.91 Å². The molecule has 2 aromatic rings. The van der Waals surface area contributed by atoms with Crippen molar-refractivity contribution in [3.8, 4) is 5.75 Å². The summed E-state index contributed by atoms with van der Waals surface area (Å²) in [6.07, 6.45) is 1.50. The Bertz CT molecular complexity index is 653. The lowest BCUT2D eigenvalue weighted by atomic mass is 10.2. The van der Waals surface area contributed by atoms with E-state index in [2.05, 4.69) is 10.3 Å². The van der Waals surface area contributed by atoms with Crippen LogP contribution in [0.3, 0.4) is 0 Å². The second kappa shape index (κ2) is 7.54. The van der Waals surface area contributed by atoms with Crippen LogP contribution in [0.2, 0.25) is 10.0 Å². The van der Waals surface area contributed by atoms with Gasteiger partial charge in [-0.1, -0.05) is 29.3 Å². The third-order valence-corrected chi connectivity index (χ3v) is 4.12. The van der Waals surface area contributed by atoms with E-state index in [1.165, 1.54) is 24.0 Å². The van der Waals surface area contributed by atoms with E-state index in [4.69, 9.17) is 23.2 Å². The number of hydrogen-bond donors (Lipinski definition) is 2. The molecule has 4 nitrogen and oxygen atoms in total. The summed E-state index contributed by atoms with van der Waals surface area (Å²) in [7, 11) is 0. The fraction of sp³-hybridized carbons (Fsp3) is 0.143. The largest absolute Gasteiger partial charge is 0.504 e. The highest BCUT2D eigenvalue weighted by molar-refractivity contribution is 7.99. The maximum absolute atomic E-state index is 11.8. The number of benzene rings is 1. The molecule has 0 aliphatic heterocycles. The number of anilines is 1. The van der Waals surface area contributed by atoms with Crippen molar-refractivity contribution in [2.45, 2.75) is 5.75 Å². The molecule has 0 aliphatic rings. The van der Waals surface area contributed by atoms with Crippen LogP contribution in [-0.4, -0.2) is 21.8 Å². The van der Waals surface area contributed by atoms with Crippen LogP contribution in [0.4, 0.5) is 5.82 Å². The number of pyridine rings is 1. The number of nitrogens with one attached hydrogen (secondary N) is 1. The van der Waals surface area contributed by atoms with E-state index in [-0.39, 0.29) is 23.2 Å². The predicted octanol–water partition coefficient (Wildman–Crippen LogP) is 3.97. The molecule has 2 N–H and O–H groups in total. The molecule has 1 aromatic carbocycles. The zero-order chi connectivity index (χ0) is 15.2. The maximum Gasteiger partial charge on any atom is 0.235 e. The summed E-state index contributed by atoms with van der Waals surface area (Å²) in [4.78, 5) is 15.6. The second-order valence-electron chi connectivity index (χ2n) is 4.15. The number of amides is 1. The van der Waals surface area contributed by atoms with Crippen molar-refractivity contribution >= 4 is 46.7 Å². The SMILES string of the molecule is O=C(CSCc1ccc(Cl)cc1Cl)Nc1ncccc1O. The summed E-state index contributed by atoms with van der Waals surface area (Å²) in [5.41, 5.74) is 0.916. The zero-order valence-electron chi connectivity index (χ0n) is 10.8. The van der Waals surface area contributed by atoms with E-state index in [1.54, 1.807) is 18.2 Å². The summed E-state index contributed by atoms with van der Waals surface area (Å²) >= 11 is 13.3. The van der Waals surface area contributed by atoms with Crippen LogP contribution in [0.15, 0.2) is 36.5 Å². The van der Waals surface area contributed by atoms with Crippen molar-refractivity contribution < 1.29 is 9.90 Å². The minimum atomic E-state index is -0.237. The van der Waals surface area contributed by atoms with Gasteiger partial charge in [-0.25, -0.2) is 4.98 Å². The van der Waals surface area contributed by atoms with Crippen molar-refractivity contribution in [1.82, 2.24) is 4.98 Å². The number of rotatable bonds is 5. The number of halogens is 2. The van der Waals surface area contributed by atoms with E-state index in [0.29, 0.717) is 15.8 Å². The highest BCUT2D eigenvalue weighted by atomic mass is 35.5. The van der Waals surface area contributed by atoms with Crippen LogP contribution < -0.4 is 5.32 Å².